The number of anilines is 1. The number of fused-ring (bicyclic) bond motifs is 2. The number of hydrogen-bond acceptors (Lipinski definition) is 6. The standard InChI is InChI=1S/C26H32N6O/c1-18(33)32-13-10-24-22(17-32)26(29-25(28-24)21-7-5-12-30(2)16-21)31(3)15-19-8-9-23-20(14-19)6-4-11-27-23/h4,6,8-9,11,14,21H,5,7,10,12-13,15-17H2,1-3H3/t21-/m0/s1. The number of carbonyl (C=O) groups excluding carboxylic acids is 1. The lowest BCUT2D eigenvalue weighted by Crippen LogP contribution is -2.37. The van der Waals surface area contributed by atoms with Gasteiger partial charge in [0.15, 0.2) is 0 Å². The van der Waals surface area contributed by atoms with Gasteiger partial charge in [0, 0.05) is 63.1 Å². The van der Waals surface area contributed by atoms with Crippen molar-refractivity contribution in [3.8, 4) is 0 Å². The van der Waals surface area contributed by atoms with Gasteiger partial charge in [0.1, 0.15) is 11.6 Å². The fraction of sp³-hybridized carbons (Fsp3) is 0.462. The number of pyridine rings is 1. The topological polar surface area (TPSA) is 65.5 Å². The van der Waals surface area contributed by atoms with E-state index in [2.05, 4.69) is 53.1 Å². The minimum Gasteiger partial charge on any atom is -0.355 e. The molecule has 2 aliphatic rings. The lowest BCUT2D eigenvalue weighted by molar-refractivity contribution is -0.129. The van der Waals surface area contributed by atoms with Crippen molar-refractivity contribution in [1.82, 2.24) is 24.8 Å². The molecule has 0 spiro atoms. The summed E-state index contributed by atoms with van der Waals surface area (Å²) in [6, 6.07) is 10.5. The molecule has 1 amide bonds. The maximum absolute atomic E-state index is 12.1. The molecule has 4 heterocycles. The normalized spacial score (nSPS) is 18.9. The molecule has 1 aromatic carbocycles. The van der Waals surface area contributed by atoms with E-state index in [-0.39, 0.29) is 5.91 Å². The van der Waals surface area contributed by atoms with Crippen LogP contribution < -0.4 is 4.90 Å². The Hall–Kier alpha value is -3.06. The molecule has 0 radical (unpaired) electrons. The second kappa shape index (κ2) is 9.06. The Bertz CT molecular complexity index is 1180. The zero-order valence-electron chi connectivity index (χ0n) is 19.8. The average Bonchev–Trinajstić information content (AvgIpc) is 2.82. The molecule has 0 bridgehead atoms. The fourth-order valence-electron chi connectivity index (χ4n) is 5.13. The van der Waals surface area contributed by atoms with Gasteiger partial charge in [0.25, 0.3) is 0 Å². The lowest BCUT2D eigenvalue weighted by Gasteiger charge is -2.33. The Morgan fingerprint density at radius 1 is 1.21 bits per heavy atom. The van der Waals surface area contributed by atoms with Crippen LogP contribution >= 0.6 is 0 Å². The van der Waals surface area contributed by atoms with Crippen molar-refractivity contribution in [2.24, 2.45) is 0 Å². The van der Waals surface area contributed by atoms with E-state index in [0.717, 1.165) is 72.8 Å². The molecular weight excluding hydrogens is 412 g/mol. The molecule has 33 heavy (non-hydrogen) atoms. The van der Waals surface area contributed by atoms with Crippen molar-refractivity contribution in [3.63, 3.8) is 0 Å². The van der Waals surface area contributed by atoms with E-state index in [4.69, 9.17) is 9.97 Å². The van der Waals surface area contributed by atoms with Crippen LogP contribution in [0.2, 0.25) is 0 Å². The number of likely N-dealkylation sites (N-methyl/N-ethyl adjacent to an activating group) is 1. The summed E-state index contributed by atoms with van der Waals surface area (Å²) in [7, 11) is 4.27. The predicted octanol–water partition coefficient (Wildman–Crippen LogP) is 3.38. The summed E-state index contributed by atoms with van der Waals surface area (Å²) in [6.07, 6.45) is 4.92. The molecule has 2 aromatic heterocycles. The summed E-state index contributed by atoms with van der Waals surface area (Å²) >= 11 is 0. The van der Waals surface area contributed by atoms with Gasteiger partial charge in [-0.05, 0) is 50.2 Å². The summed E-state index contributed by atoms with van der Waals surface area (Å²) in [5, 5.41) is 1.14. The minimum atomic E-state index is 0.106. The van der Waals surface area contributed by atoms with Gasteiger partial charge < -0.3 is 14.7 Å². The number of aromatic nitrogens is 3. The molecule has 0 unspecified atom stereocenters. The first-order chi connectivity index (χ1) is 16.0. The highest BCUT2D eigenvalue weighted by molar-refractivity contribution is 5.79. The van der Waals surface area contributed by atoms with Crippen LogP contribution in [-0.4, -0.2) is 64.4 Å². The van der Waals surface area contributed by atoms with Crippen LogP contribution in [0.15, 0.2) is 36.5 Å². The zero-order valence-corrected chi connectivity index (χ0v) is 19.8. The first kappa shape index (κ1) is 21.8. The first-order valence-electron chi connectivity index (χ1n) is 11.9. The maximum atomic E-state index is 12.1. The Morgan fingerprint density at radius 3 is 2.91 bits per heavy atom. The molecule has 0 N–H and O–H groups in total. The highest BCUT2D eigenvalue weighted by atomic mass is 16.2. The summed E-state index contributed by atoms with van der Waals surface area (Å²) < 4.78 is 0. The predicted molar refractivity (Wildman–Crippen MR) is 130 cm³/mol. The molecule has 0 saturated carbocycles. The number of rotatable bonds is 4. The first-order valence-corrected chi connectivity index (χ1v) is 11.9. The third-order valence-electron chi connectivity index (χ3n) is 6.94. The van der Waals surface area contributed by atoms with E-state index in [1.165, 1.54) is 12.0 Å². The SMILES string of the molecule is CC(=O)N1CCc2nc([C@H]3CCCN(C)C3)nc(N(C)Cc3ccc4ncccc4c3)c2C1. The number of amides is 1. The Morgan fingerprint density at radius 2 is 2.09 bits per heavy atom. The molecule has 1 saturated heterocycles. The van der Waals surface area contributed by atoms with E-state index < -0.39 is 0 Å². The molecule has 3 aromatic rings. The Balaban J connectivity index is 1.50. The number of likely N-dealkylation sites (tertiary alicyclic amines) is 1. The molecule has 1 fully saturated rings. The highest BCUT2D eigenvalue weighted by Gasteiger charge is 2.29. The fourth-order valence-corrected chi connectivity index (χ4v) is 5.13. The number of benzene rings is 1. The van der Waals surface area contributed by atoms with Gasteiger partial charge in [-0.25, -0.2) is 9.97 Å². The second-order valence-corrected chi connectivity index (χ2v) is 9.51. The van der Waals surface area contributed by atoms with E-state index in [0.29, 0.717) is 12.5 Å². The van der Waals surface area contributed by atoms with Gasteiger partial charge in [-0.15, -0.1) is 0 Å². The van der Waals surface area contributed by atoms with E-state index >= 15 is 0 Å². The minimum absolute atomic E-state index is 0.106. The van der Waals surface area contributed by atoms with Crippen LogP contribution in [0, 0.1) is 0 Å². The highest BCUT2D eigenvalue weighted by Crippen LogP contribution is 2.31. The third-order valence-corrected chi connectivity index (χ3v) is 6.94. The molecule has 2 aliphatic heterocycles. The summed E-state index contributed by atoms with van der Waals surface area (Å²) in [5.74, 6) is 2.38. The maximum Gasteiger partial charge on any atom is 0.219 e. The van der Waals surface area contributed by atoms with Gasteiger partial charge in [-0.3, -0.25) is 9.78 Å². The van der Waals surface area contributed by atoms with E-state index in [1.807, 2.05) is 17.2 Å². The van der Waals surface area contributed by atoms with Gasteiger partial charge in [-0.2, -0.15) is 0 Å². The van der Waals surface area contributed by atoms with Crippen molar-refractivity contribution in [2.75, 3.05) is 38.6 Å². The van der Waals surface area contributed by atoms with Crippen LogP contribution in [0.4, 0.5) is 5.82 Å². The number of nitrogens with zero attached hydrogens (tertiary/aromatic N) is 6. The van der Waals surface area contributed by atoms with Crippen molar-refractivity contribution in [1.29, 1.82) is 0 Å². The third kappa shape index (κ3) is 4.55. The van der Waals surface area contributed by atoms with Gasteiger partial charge >= 0.3 is 0 Å². The number of carbonyl (C=O) groups is 1. The van der Waals surface area contributed by atoms with Gasteiger partial charge in [0.2, 0.25) is 5.91 Å². The summed E-state index contributed by atoms with van der Waals surface area (Å²) in [5.41, 5.74) is 4.41. The van der Waals surface area contributed by atoms with Crippen molar-refractivity contribution in [2.45, 2.75) is 45.2 Å². The van der Waals surface area contributed by atoms with Crippen LogP contribution in [0.25, 0.3) is 10.9 Å². The van der Waals surface area contributed by atoms with Crippen LogP contribution in [0.1, 0.15) is 48.3 Å². The van der Waals surface area contributed by atoms with Crippen LogP contribution in [0.3, 0.4) is 0 Å². The molecule has 172 valence electrons. The molecule has 1 atom stereocenters. The summed E-state index contributed by atoms with van der Waals surface area (Å²) in [4.78, 5) is 33.2. The Kier molecular flexibility index (Phi) is 5.98. The molecular formula is C26H32N6O. The molecule has 7 heteroatoms. The molecule has 0 aliphatic carbocycles. The quantitative estimate of drug-likeness (QED) is 0.615. The molecule has 5 rings (SSSR count). The smallest absolute Gasteiger partial charge is 0.219 e. The van der Waals surface area contributed by atoms with Gasteiger partial charge in [0.05, 0.1) is 17.8 Å². The van der Waals surface area contributed by atoms with E-state index in [9.17, 15) is 4.79 Å². The van der Waals surface area contributed by atoms with Gasteiger partial charge in [-0.1, -0.05) is 12.1 Å². The van der Waals surface area contributed by atoms with Crippen molar-refractivity contribution >= 4 is 22.6 Å². The second-order valence-electron chi connectivity index (χ2n) is 9.51. The molecule has 7 nitrogen and oxygen atoms in total. The average molecular weight is 445 g/mol. The largest absolute Gasteiger partial charge is 0.355 e. The number of piperidine rings is 1. The zero-order chi connectivity index (χ0) is 22.9. The van der Waals surface area contributed by atoms with Crippen molar-refractivity contribution < 1.29 is 4.79 Å². The van der Waals surface area contributed by atoms with Crippen molar-refractivity contribution in [3.05, 3.63) is 59.2 Å². The lowest BCUT2D eigenvalue weighted by atomic mass is 9.96. The number of hydrogen-bond donors (Lipinski definition) is 0. The van der Waals surface area contributed by atoms with E-state index in [1.54, 1.807) is 6.92 Å². The van der Waals surface area contributed by atoms with Crippen LogP contribution in [0.5, 0.6) is 0 Å². The monoisotopic (exact) mass is 444 g/mol. The summed E-state index contributed by atoms with van der Waals surface area (Å²) in [6.45, 7) is 5.82. The van der Waals surface area contributed by atoms with Crippen LogP contribution in [-0.2, 0) is 24.3 Å². The Labute approximate surface area is 195 Å².